The molecule has 1 N–H and O–H groups in total. The van der Waals surface area contributed by atoms with E-state index < -0.39 is 20.5 Å². The lowest BCUT2D eigenvalue weighted by Crippen LogP contribution is -2.21. The van der Waals surface area contributed by atoms with E-state index in [-0.39, 0.29) is 16.6 Å². The van der Waals surface area contributed by atoms with Crippen LogP contribution in [0.4, 0.5) is 32.8 Å². The van der Waals surface area contributed by atoms with Crippen molar-refractivity contribution in [2.45, 2.75) is 20.8 Å². The summed E-state index contributed by atoms with van der Waals surface area (Å²) < 4.78 is 0. The number of hydrogen-bond acceptors (Lipinski definition) is 9. The molecular weight excluding hydrogens is 388 g/mol. The number of carbonyl (C=O) groups excluding carboxylic acids is 1. The molecule has 0 fully saturated rings. The van der Waals surface area contributed by atoms with Gasteiger partial charge in [0.05, 0.1) is 15.5 Å². The standard InChI is InChI=1S/C16H18N6O5S/c1-4-20(5-2)11-6-7-12(13(8-11)17-10(3)23)18-19-16-14(21(24)25)9-15(28-16)22(26)27/h6-9H,4-5H2,1-3H3,(H,17,23)/b19-18+. The number of benzene rings is 1. The van der Waals surface area contributed by atoms with Crippen LogP contribution in [0.15, 0.2) is 34.5 Å². The second-order valence-corrected chi connectivity index (χ2v) is 6.55. The molecule has 0 saturated heterocycles. The summed E-state index contributed by atoms with van der Waals surface area (Å²) in [5.41, 5.74) is 1.03. The molecule has 0 unspecified atom stereocenters. The third-order valence-corrected chi connectivity index (χ3v) is 4.69. The van der Waals surface area contributed by atoms with Gasteiger partial charge in [-0.1, -0.05) is 0 Å². The summed E-state index contributed by atoms with van der Waals surface area (Å²) >= 11 is 0.553. The molecule has 1 aromatic heterocycles. The van der Waals surface area contributed by atoms with E-state index in [1.165, 1.54) is 6.92 Å². The van der Waals surface area contributed by atoms with Crippen LogP contribution in [0.1, 0.15) is 20.8 Å². The molecule has 0 bridgehead atoms. The molecule has 0 aliphatic heterocycles. The van der Waals surface area contributed by atoms with Crippen molar-refractivity contribution >= 4 is 50.0 Å². The Balaban J connectivity index is 2.46. The Hall–Kier alpha value is -3.41. The van der Waals surface area contributed by atoms with Gasteiger partial charge in [-0.25, -0.2) is 0 Å². The molecule has 2 rings (SSSR count). The Morgan fingerprint density at radius 1 is 1.14 bits per heavy atom. The number of carbonyl (C=O) groups is 1. The molecule has 0 aliphatic carbocycles. The summed E-state index contributed by atoms with van der Waals surface area (Å²) in [7, 11) is 0. The molecule has 1 aromatic carbocycles. The number of nitro groups is 2. The molecule has 12 heteroatoms. The summed E-state index contributed by atoms with van der Waals surface area (Å²) in [6.45, 7) is 6.87. The van der Waals surface area contributed by atoms with Gasteiger partial charge in [0, 0.05) is 25.7 Å². The van der Waals surface area contributed by atoms with Crippen LogP contribution in [-0.4, -0.2) is 28.8 Å². The Morgan fingerprint density at radius 2 is 1.82 bits per heavy atom. The number of rotatable bonds is 8. The Morgan fingerprint density at radius 3 is 2.36 bits per heavy atom. The SMILES string of the molecule is CCN(CC)c1ccc(/N=N/c2sc([N+](=O)[O-])cc2[N+](=O)[O-])c(NC(C)=O)c1. The molecule has 1 heterocycles. The van der Waals surface area contributed by atoms with Gasteiger partial charge in [0.25, 0.3) is 0 Å². The minimum atomic E-state index is -0.754. The monoisotopic (exact) mass is 406 g/mol. The van der Waals surface area contributed by atoms with Gasteiger partial charge >= 0.3 is 10.7 Å². The first-order valence-corrected chi connectivity index (χ1v) is 9.09. The van der Waals surface area contributed by atoms with Crippen molar-refractivity contribution in [2.24, 2.45) is 10.2 Å². The fourth-order valence-electron chi connectivity index (χ4n) is 2.44. The van der Waals surface area contributed by atoms with Crippen molar-refractivity contribution in [2.75, 3.05) is 23.3 Å². The van der Waals surface area contributed by atoms with Crippen LogP contribution in [0.5, 0.6) is 0 Å². The predicted octanol–water partition coefficient (Wildman–Crippen LogP) is 4.78. The van der Waals surface area contributed by atoms with Crippen molar-refractivity contribution in [1.29, 1.82) is 0 Å². The highest BCUT2D eigenvalue weighted by molar-refractivity contribution is 7.19. The first-order valence-electron chi connectivity index (χ1n) is 8.27. The lowest BCUT2D eigenvalue weighted by atomic mass is 10.2. The fraction of sp³-hybridized carbons (Fsp3) is 0.312. The van der Waals surface area contributed by atoms with Gasteiger partial charge in [0.1, 0.15) is 11.8 Å². The number of azo groups is 1. The molecule has 0 radical (unpaired) electrons. The number of hydrogen-bond donors (Lipinski definition) is 1. The van der Waals surface area contributed by atoms with E-state index >= 15 is 0 Å². The third kappa shape index (κ3) is 4.85. The van der Waals surface area contributed by atoms with Crippen LogP contribution in [0.3, 0.4) is 0 Å². The second-order valence-electron chi connectivity index (χ2n) is 5.54. The van der Waals surface area contributed by atoms with E-state index in [4.69, 9.17) is 0 Å². The molecule has 1 amide bonds. The van der Waals surface area contributed by atoms with E-state index in [0.29, 0.717) is 17.0 Å². The van der Waals surface area contributed by atoms with Gasteiger partial charge in [0.15, 0.2) is 0 Å². The summed E-state index contributed by atoms with van der Waals surface area (Å²) in [6, 6.07) is 5.99. The molecular formula is C16H18N6O5S. The van der Waals surface area contributed by atoms with Gasteiger partial charge in [0.2, 0.25) is 10.9 Å². The molecule has 0 aliphatic rings. The number of thiophene rings is 1. The maximum absolute atomic E-state index is 11.5. The average molecular weight is 406 g/mol. The zero-order chi connectivity index (χ0) is 20.8. The number of nitrogens with one attached hydrogen (secondary N) is 1. The molecule has 11 nitrogen and oxygen atoms in total. The first kappa shape index (κ1) is 20.9. The summed E-state index contributed by atoms with van der Waals surface area (Å²) in [6.07, 6.45) is 0. The Kier molecular flexibility index (Phi) is 6.71. The largest absolute Gasteiger partial charge is 0.372 e. The van der Waals surface area contributed by atoms with Gasteiger partial charge in [-0.3, -0.25) is 25.0 Å². The minimum absolute atomic E-state index is 0.196. The van der Waals surface area contributed by atoms with E-state index in [1.807, 2.05) is 13.8 Å². The maximum Gasteiger partial charge on any atom is 0.333 e. The highest BCUT2D eigenvalue weighted by atomic mass is 32.1. The van der Waals surface area contributed by atoms with Crippen molar-refractivity contribution in [3.63, 3.8) is 0 Å². The number of amides is 1. The molecule has 148 valence electrons. The van der Waals surface area contributed by atoms with Crippen molar-refractivity contribution < 1.29 is 14.6 Å². The fourth-order valence-corrected chi connectivity index (χ4v) is 3.20. The highest BCUT2D eigenvalue weighted by Crippen LogP contribution is 2.42. The second kappa shape index (κ2) is 8.99. The van der Waals surface area contributed by atoms with Gasteiger partial charge in [-0.05, 0) is 43.4 Å². The van der Waals surface area contributed by atoms with Crippen LogP contribution in [0.2, 0.25) is 0 Å². The number of anilines is 2. The van der Waals surface area contributed by atoms with Crippen molar-refractivity contribution in [1.82, 2.24) is 0 Å². The lowest BCUT2D eigenvalue weighted by molar-refractivity contribution is -0.389. The molecule has 28 heavy (non-hydrogen) atoms. The quantitative estimate of drug-likeness (QED) is 0.379. The molecule has 0 atom stereocenters. The van der Waals surface area contributed by atoms with Crippen LogP contribution in [-0.2, 0) is 4.79 Å². The topological polar surface area (TPSA) is 143 Å². The van der Waals surface area contributed by atoms with E-state index in [1.54, 1.807) is 18.2 Å². The van der Waals surface area contributed by atoms with Crippen LogP contribution in [0.25, 0.3) is 0 Å². The van der Waals surface area contributed by atoms with E-state index in [2.05, 4.69) is 20.4 Å². The van der Waals surface area contributed by atoms with Gasteiger partial charge in [-0.2, -0.15) is 0 Å². The summed E-state index contributed by atoms with van der Waals surface area (Å²) in [4.78, 5) is 34.1. The molecule has 2 aromatic rings. The number of nitrogens with zero attached hydrogens (tertiary/aromatic N) is 5. The normalized spacial score (nSPS) is 10.8. The average Bonchev–Trinajstić information content (AvgIpc) is 3.06. The van der Waals surface area contributed by atoms with Crippen LogP contribution < -0.4 is 10.2 Å². The minimum Gasteiger partial charge on any atom is -0.372 e. The summed E-state index contributed by atoms with van der Waals surface area (Å²) in [5.74, 6) is -0.314. The Labute approximate surface area is 164 Å². The zero-order valence-corrected chi connectivity index (χ0v) is 16.2. The van der Waals surface area contributed by atoms with Crippen LogP contribution in [0, 0.1) is 20.2 Å². The van der Waals surface area contributed by atoms with E-state index in [0.717, 1.165) is 24.8 Å². The van der Waals surface area contributed by atoms with Crippen LogP contribution >= 0.6 is 11.3 Å². The van der Waals surface area contributed by atoms with Crippen molar-refractivity contribution in [3.8, 4) is 0 Å². The molecule has 0 saturated carbocycles. The first-order chi connectivity index (χ1) is 13.3. The summed E-state index contributed by atoms with van der Waals surface area (Å²) in [5, 5.41) is 31.8. The smallest absolute Gasteiger partial charge is 0.333 e. The van der Waals surface area contributed by atoms with Crippen molar-refractivity contribution in [3.05, 3.63) is 44.5 Å². The maximum atomic E-state index is 11.5. The highest BCUT2D eigenvalue weighted by Gasteiger charge is 2.25. The van der Waals surface area contributed by atoms with Gasteiger partial charge in [-0.15, -0.1) is 10.2 Å². The van der Waals surface area contributed by atoms with Gasteiger partial charge < -0.3 is 10.2 Å². The zero-order valence-electron chi connectivity index (χ0n) is 15.4. The molecule has 0 spiro atoms. The lowest BCUT2D eigenvalue weighted by Gasteiger charge is -2.22. The third-order valence-electron chi connectivity index (χ3n) is 3.73. The predicted molar refractivity (Wildman–Crippen MR) is 106 cm³/mol. The van der Waals surface area contributed by atoms with E-state index in [9.17, 15) is 25.0 Å². The Bertz CT molecular complexity index is 938.